The van der Waals surface area contributed by atoms with Crippen LogP contribution in [0.5, 0.6) is 0 Å². The monoisotopic (exact) mass is 556 g/mol. The van der Waals surface area contributed by atoms with E-state index in [0.29, 0.717) is 0 Å². The Morgan fingerprint density at radius 1 is 0.205 bits per heavy atom. The van der Waals surface area contributed by atoms with Gasteiger partial charge in [-0.15, -0.1) is 0 Å². The number of fused-ring (bicyclic) bond motifs is 7. The second-order valence-electron chi connectivity index (χ2n) is 11.7. The van der Waals surface area contributed by atoms with Crippen LogP contribution >= 0.6 is 0 Å². The summed E-state index contributed by atoms with van der Waals surface area (Å²) in [5, 5.41) is 12.8. The average Bonchev–Trinajstić information content (AvgIpc) is 3.10. The zero-order valence-electron chi connectivity index (χ0n) is 24.2. The normalized spacial score (nSPS) is 11.6. The second kappa shape index (κ2) is 9.93. The predicted molar refractivity (Wildman–Crippen MR) is 190 cm³/mol. The summed E-state index contributed by atoms with van der Waals surface area (Å²) < 4.78 is 0. The summed E-state index contributed by atoms with van der Waals surface area (Å²) in [6.07, 6.45) is 0. The first-order chi connectivity index (χ1) is 21.8. The molecule has 0 unspecified atom stereocenters. The van der Waals surface area contributed by atoms with E-state index in [1.807, 2.05) is 0 Å². The van der Waals surface area contributed by atoms with Crippen molar-refractivity contribution in [2.24, 2.45) is 0 Å². The topological polar surface area (TPSA) is 0 Å². The van der Waals surface area contributed by atoms with Gasteiger partial charge in [0.2, 0.25) is 0 Å². The molecule has 0 aliphatic rings. The molecule has 0 saturated heterocycles. The highest BCUT2D eigenvalue weighted by atomic mass is 14.2. The van der Waals surface area contributed by atoms with Crippen LogP contribution in [0.4, 0.5) is 0 Å². The Hall–Kier alpha value is -5.72. The number of rotatable bonds is 3. The maximum absolute atomic E-state index is 2.41. The van der Waals surface area contributed by atoms with E-state index in [1.165, 1.54) is 87.2 Å². The van der Waals surface area contributed by atoms with Gasteiger partial charge in [-0.2, -0.15) is 0 Å². The van der Waals surface area contributed by atoms with Crippen LogP contribution in [0.15, 0.2) is 170 Å². The minimum Gasteiger partial charge on any atom is -0.0616 e. The van der Waals surface area contributed by atoms with E-state index >= 15 is 0 Å². The second-order valence-corrected chi connectivity index (χ2v) is 11.7. The molecule has 0 bridgehead atoms. The molecule has 0 saturated carbocycles. The first kappa shape index (κ1) is 24.8. The fourth-order valence-corrected chi connectivity index (χ4v) is 7.10. The molecule has 0 amide bonds. The van der Waals surface area contributed by atoms with Crippen molar-refractivity contribution in [3.63, 3.8) is 0 Å². The molecule has 0 nitrogen and oxygen atoms in total. The van der Waals surface area contributed by atoms with Crippen molar-refractivity contribution in [3.05, 3.63) is 170 Å². The molecule has 0 radical (unpaired) electrons. The molecule has 44 heavy (non-hydrogen) atoms. The highest BCUT2D eigenvalue weighted by molar-refractivity contribution is 6.22. The summed E-state index contributed by atoms with van der Waals surface area (Å²) in [7, 11) is 0. The maximum atomic E-state index is 2.41. The standard InChI is InChI=1S/C44H28/c1-2-11-33-27-34(24-19-29(33)9-1)37-17-8-18-40-41(37)25-26-42-38-14-5-6-15-39(38)43(28-44(40)42)32-22-20-31(21-23-32)36-16-7-12-30-10-3-4-13-35(30)36/h1-28H. The Labute approximate surface area is 256 Å². The van der Waals surface area contributed by atoms with Gasteiger partial charge in [-0.25, -0.2) is 0 Å². The molecule has 0 spiro atoms. The largest absolute Gasteiger partial charge is 0.0616 e. The van der Waals surface area contributed by atoms with Crippen LogP contribution in [-0.2, 0) is 0 Å². The highest BCUT2D eigenvalue weighted by Crippen LogP contribution is 2.41. The van der Waals surface area contributed by atoms with Gasteiger partial charge in [0.1, 0.15) is 0 Å². The SMILES string of the molecule is c1ccc2cc(-c3cccc4c3ccc3c5ccccc5c(-c5ccc(-c6cccc7ccccc67)cc5)cc43)ccc2c1. The Balaban J connectivity index is 1.24. The van der Waals surface area contributed by atoms with Crippen LogP contribution in [0.25, 0.3) is 87.2 Å². The van der Waals surface area contributed by atoms with E-state index in [2.05, 4.69) is 170 Å². The summed E-state index contributed by atoms with van der Waals surface area (Å²) in [6.45, 7) is 0. The summed E-state index contributed by atoms with van der Waals surface area (Å²) >= 11 is 0. The highest BCUT2D eigenvalue weighted by Gasteiger charge is 2.13. The summed E-state index contributed by atoms with van der Waals surface area (Å²) in [5.41, 5.74) is 7.52. The fraction of sp³-hybridized carbons (Fsp3) is 0. The zero-order valence-corrected chi connectivity index (χ0v) is 24.2. The lowest BCUT2D eigenvalue weighted by Gasteiger charge is -2.15. The number of benzene rings is 9. The lowest BCUT2D eigenvalue weighted by atomic mass is 9.88. The minimum absolute atomic E-state index is 1.23. The molecule has 0 heteroatoms. The Morgan fingerprint density at radius 2 is 0.682 bits per heavy atom. The summed E-state index contributed by atoms with van der Waals surface area (Å²) in [4.78, 5) is 0. The van der Waals surface area contributed by atoms with Crippen LogP contribution in [0.3, 0.4) is 0 Å². The first-order valence-corrected chi connectivity index (χ1v) is 15.3. The molecule has 0 fully saturated rings. The molecular formula is C44H28. The van der Waals surface area contributed by atoms with E-state index < -0.39 is 0 Å². The van der Waals surface area contributed by atoms with E-state index in [4.69, 9.17) is 0 Å². The van der Waals surface area contributed by atoms with Crippen molar-refractivity contribution in [2.75, 3.05) is 0 Å². The molecule has 0 atom stereocenters. The van der Waals surface area contributed by atoms with Gasteiger partial charge in [0, 0.05) is 0 Å². The van der Waals surface area contributed by atoms with Crippen molar-refractivity contribution in [1.29, 1.82) is 0 Å². The lowest BCUT2D eigenvalue weighted by Crippen LogP contribution is -1.88. The number of hydrogen-bond donors (Lipinski definition) is 0. The predicted octanol–water partition coefficient (Wildman–Crippen LogP) is 12.5. The van der Waals surface area contributed by atoms with Gasteiger partial charge in [-0.1, -0.05) is 158 Å². The van der Waals surface area contributed by atoms with Gasteiger partial charge in [-0.3, -0.25) is 0 Å². The van der Waals surface area contributed by atoms with Crippen LogP contribution < -0.4 is 0 Å². The van der Waals surface area contributed by atoms with Crippen LogP contribution in [-0.4, -0.2) is 0 Å². The molecule has 9 aromatic rings. The van der Waals surface area contributed by atoms with E-state index in [0.717, 1.165) is 0 Å². The van der Waals surface area contributed by atoms with Crippen LogP contribution in [0, 0.1) is 0 Å². The first-order valence-electron chi connectivity index (χ1n) is 15.3. The molecule has 0 N–H and O–H groups in total. The third kappa shape index (κ3) is 3.92. The smallest absolute Gasteiger partial charge is 0.00926 e. The van der Waals surface area contributed by atoms with Gasteiger partial charge in [-0.05, 0) is 99.4 Å². The van der Waals surface area contributed by atoms with Crippen molar-refractivity contribution < 1.29 is 0 Å². The summed E-state index contributed by atoms with van der Waals surface area (Å²) in [5.74, 6) is 0. The van der Waals surface area contributed by atoms with Gasteiger partial charge in [0.05, 0.1) is 0 Å². The van der Waals surface area contributed by atoms with Crippen LogP contribution in [0.2, 0.25) is 0 Å². The van der Waals surface area contributed by atoms with E-state index in [-0.39, 0.29) is 0 Å². The van der Waals surface area contributed by atoms with Gasteiger partial charge >= 0.3 is 0 Å². The van der Waals surface area contributed by atoms with Crippen molar-refractivity contribution >= 4 is 53.9 Å². The molecule has 0 heterocycles. The Morgan fingerprint density at radius 3 is 1.50 bits per heavy atom. The molecule has 9 rings (SSSR count). The zero-order chi connectivity index (χ0) is 29.0. The molecule has 0 aliphatic heterocycles. The van der Waals surface area contributed by atoms with E-state index in [1.54, 1.807) is 0 Å². The molecule has 0 aliphatic carbocycles. The van der Waals surface area contributed by atoms with Gasteiger partial charge in [0.25, 0.3) is 0 Å². The molecule has 9 aromatic carbocycles. The van der Waals surface area contributed by atoms with E-state index in [9.17, 15) is 0 Å². The molecular weight excluding hydrogens is 528 g/mol. The Kier molecular flexibility index (Phi) is 5.61. The number of hydrogen-bond acceptors (Lipinski definition) is 0. The minimum atomic E-state index is 1.23. The third-order valence-corrected chi connectivity index (χ3v) is 9.26. The summed E-state index contributed by atoms with van der Waals surface area (Å²) in [6, 6.07) is 62.3. The van der Waals surface area contributed by atoms with Gasteiger partial charge < -0.3 is 0 Å². The maximum Gasteiger partial charge on any atom is -0.00926 e. The van der Waals surface area contributed by atoms with Crippen molar-refractivity contribution in [2.45, 2.75) is 0 Å². The average molecular weight is 557 g/mol. The third-order valence-electron chi connectivity index (χ3n) is 9.26. The molecule has 204 valence electrons. The fourth-order valence-electron chi connectivity index (χ4n) is 7.10. The van der Waals surface area contributed by atoms with Gasteiger partial charge in [0.15, 0.2) is 0 Å². The van der Waals surface area contributed by atoms with Crippen molar-refractivity contribution in [3.8, 4) is 33.4 Å². The van der Waals surface area contributed by atoms with Crippen LogP contribution in [0.1, 0.15) is 0 Å². The quantitative estimate of drug-likeness (QED) is 0.190. The Bertz CT molecular complexity index is 2530. The van der Waals surface area contributed by atoms with Crippen molar-refractivity contribution in [1.82, 2.24) is 0 Å². The lowest BCUT2D eigenvalue weighted by molar-refractivity contribution is 1.63. The molecule has 0 aromatic heterocycles.